The summed E-state index contributed by atoms with van der Waals surface area (Å²) in [4.78, 5) is 21.7. The van der Waals surface area contributed by atoms with Crippen LogP contribution in [0.2, 0.25) is 0 Å². The van der Waals surface area contributed by atoms with Gasteiger partial charge in [-0.2, -0.15) is 0 Å². The van der Waals surface area contributed by atoms with Crippen molar-refractivity contribution >= 4 is 18.0 Å². The van der Waals surface area contributed by atoms with Crippen LogP contribution in [0, 0.1) is 17.8 Å². The van der Waals surface area contributed by atoms with Crippen LogP contribution in [0.15, 0.2) is 24.3 Å². The maximum atomic E-state index is 11.5. The quantitative estimate of drug-likeness (QED) is 0.617. The molecule has 1 aromatic rings. The molecule has 1 aliphatic carbocycles. The van der Waals surface area contributed by atoms with Gasteiger partial charge in [-0.15, -0.1) is 0 Å². The van der Waals surface area contributed by atoms with Crippen molar-refractivity contribution in [2.45, 2.75) is 19.4 Å². The van der Waals surface area contributed by atoms with E-state index in [1.807, 2.05) is 18.2 Å². The fourth-order valence-corrected chi connectivity index (χ4v) is 1.48. The SMILES string of the molecule is O=CNCc1cccc(NC(=O)C#CC2CC2)c1. The van der Waals surface area contributed by atoms with E-state index in [4.69, 9.17) is 0 Å². The second kappa shape index (κ2) is 5.87. The minimum absolute atomic E-state index is 0.289. The summed E-state index contributed by atoms with van der Waals surface area (Å²) in [5.74, 6) is 5.61. The molecule has 4 nitrogen and oxygen atoms in total. The third-order valence-electron chi connectivity index (χ3n) is 2.54. The molecule has 0 aromatic heterocycles. The molecule has 0 radical (unpaired) electrons. The molecule has 0 bridgehead atoms. The van der Waals surface area contributed by atoms with Crippen molar-refractivity contribution in [2.24, 2.45) is 5.92 Å². The lowest BCUT2D eigenvalue weighted by atomic mass is 10.2. The van der Waals surface area contributed by atoms with Gasteiger partial charge in [0.2, 0.25) is 6.41 Å². The average molecular weight is 242 g/mol. The Hall–Kier alpha value is -2.28. The van der Waals surface area contributed by atoms with E-state index in [0.717, 1.165) is 18.4 Å². The van der Waals surface area contributed by atoms with Gasteiger partial charge >= 0.3 is 0 Å². The molecule has 0 aliphatic heterocycles. The standard InChI is InChI=1S/C14H14N2O2/c17-10-15-9-12-2-1-3-13(8-12)16-14(18)7-6-11-4-5-11/h1-3,8,10-11H,4-5,9H2,(H,15,17)(H,16,18). The summed E-state index contributed by atoms with van der Waals surface area (Å²) in [7, 11) is 0. The van der Waals surface area contributed by atoms with Crippen LogP contribution in [0.1, 0.15) is 18.4 Å². The zero-order valence-corrected chi connectivity index (χ0v) is 9.90. The molecule has 1 fully saturated rings. The van der Waals surface area contributed by atoms with E-state index in [-0.39, 0.29) is 5.91 Å². The fraction of sp³-hybridized carbons (Fsp3) is 0.286. The average Bonchev–Trinajstić information content (AvgIpc) is 3.18. The van der Waals surface area contributed by atoms with Crippen LogP contribution in [0.4, 0.5) is 5.69 Å². The number of benzene rings is 1. The van der Waals surface area contributed by atoms with Crippen molar-refractivity contribution in [1.29, 1.82) is 0 Å². The molecule has 0 unspecified atom stereocenters. The van der Waals surface area contributed by atoms with Crippen LogP contribution in [0.25, 0.3) is 0 Å². The molecule has 1 saturated carbocycles. The normalized spacial score (nSPS) is 13.1. The Bertz CT molecular complexity index is 510. The van der Waals surface area contributed by atoms with E-state index in [0.29, 0.717) is 24.6 Å². The molecule has 18 heavy (non-hydrogen) atoms. The van der Waals surface area contributed by atoms with Gasteiger partial charge in [-0.1, -0.05) is 18.1 Å². The lowest BCUT2D eigenvalue weighted by Gasteiger charge is -2.04. The van der Waals surface area contributed by atoms with E-state index >= 15 is 0 Å². The summed E-state index contributed by atoms with van der Waals surface area (Å²) in [6.45, 7) is 0.445. The highest BCUT2D eigenvalue weighted by molar-refractivity contribution is 6.04. The highest BCUT2D eigenvalue weighted by Crippen LogP contribution is 2.27. The van der Waals surface area contributed by atoms with E-state index in [1.54, 1.807) is 6.07 Å². The molecule has 1 aliphatic rings. The summed E-state index contributed by atoms with van der Waals surface area (Å²) >= 11 is 0. The zero-order chi connectivity index (χ0) is 12.8. The molecular weight excluding hydrogens is 228 g/mol. The summed E-state index contributed by atoms with van der Waals surface area (Å²) < 4.78 is 0. The van der Waals surface area contributed by atoms with E-state index in [2.05, 4.69) is 22.5 Å². The first-order valence-electron chi connectivity index (χ1n) is 5.86. The van der Waals surface area contributed by atoms with Gasteiger partial charge in [-0.25, -0.2) is 0 Å². The molecule has 0 atom stereocenters. The maximum Gasteiger partial charge on any atom is 0.300 e. The predicted octanol–water partition coefficient (Wildman–Crippen LogP) is 1.28. The Morgan fingerprint density at radius 2 is 2.28 bits per heavy atom. The Labute approximate surface area is 106 Å². The number of hydrogen-bond acceptors (Lipinski definition) is 2. The van der Waals surface area contributed by atoms with E-state index < -0.39 is 0 Å². The number of rotatable bonds is 4. The number of carbonyl (C=O) groups excluding carboxylic acids is 2. The van der Waals surface area contributed by atoms with Crippen LogP contribution < -0.4 is 10.6 Å². The summed E-state index contributed by atoms with van der Waals surface area (Å²) in [5.41, 5.74) is 1.62. The van der Waals surface area contributed by atoms with Gasteiger partial charge in [-0.3, -0.25) is 9.59 Å². The van der Waals surface area contributed by atoms with Crippen molar-refractivity contribution in [3.63, 3.8) is 0 Å². The molecule has 1 aromatic carbocycles. The van der Waals surface area contributed by atoms with Gasteiger partial charge < -0.3 is 10.6 Å². The van der Waals surface area contributed by atoms with Gasteiger partial charge in [0, 0.05) is 18.2 Å². The summed E-state index contributed by atoms with van der Waals surface area (Å²) in [6.07, 6.45) is 2.85. The maximum absolute atomic E-state index is 11.5. The summed E-state index contributed by atoms with van der Waals surface area (Å²) in [5, 5.41) is 5.29. The van der Waals surface area contributed by atoms with Crippen LogP contribution >= 0.6 is 0 Å². The van der Waals surface area contributed by atoms with Crippen molar-refractivity contribution in [3.8, 4) is 11.8 Å². The Balaban J connectivity index is 1.93. The molecule has 2 rings (SSSR count). The van der Waals surface area contributed by atoms with Gasteiger partial charge in [0.1, 0.15) is 0 Å². The molecule has 0 spiro atoms. The van der Waals surface area contributed by atoms with Crippen LogP contribution in [-0.2, 0) is 16.1 Å². The van der Waals surface area contributed by atoms with Crippen molar-refractivity contribution in [1.82, 2.24) is 5.32 Å². The molecular formula is C14H14N2O2. The molecule has 0 heterocycles. The molecule has 2 amide bonds. The topological polar surface area (TPSA) is 58.2 Å². The Kier molecular flexibility index (Phi) is 3.98. The highest BCUT2D eigenvalue weighted by Gasteiger charge is 2.18. The largest absolute Gasteiger partial charge is 0.355 e. The lowest BCUT2D eigenvalue weighted by Crippen LogP contribution is -2.11. The number of anilines is 1. The smallest absolute Gasteiger partial charge is 0.300 e. The highest BCUT2D eigenvalue weighted by atomic mass is 16.1. The molecule has 0 saturated heterocycles. The van der Waals surface area contributed by atoms with Crippen molar-refractivity contribution in [3.05, 3.63) is 29.8 Å². The second-order valence-corrected chi connectivity index (χ2v) is 4.20. The lowest BCUT2D eigenvalue weighted by molar-refractivity contribution is -0.111. The number of hydrogen-bond donors (Lipinski definition) is 2. The van der Waals surface area contributed by atoms with Crippen LogP contribution in [0.3, 0.4) is 0 Å². The number of amides is 2. The number of nitrogens with one attached hydrogen (secondary N) is 2. The van der Waals surface area contributed by atoms with Crippen molar-refractivity contribution in [2.75, 3.05) is 5.32 Å². The van der Waals surface area contributed by atoms with Crippen LogP contribution in [-0.4, -0.2) is 12.3 Å². The first-order valence-corrected chi connectivity index (χ1v) is 5.86. The minimum Gasteiger partial charge on any atom is -0.355 e. The number of carbonyl (C=O) groups is 2. The van der Waals surface area contributed by atoms with Gasteiger partial charge in [-0.05, 0) is 36.5 Å². The van der Waals surface area contributed by atoms with Gasteiger partial charge in [0.25, 0.3) is 5.91 Å². The minimum atomic E-state index is -0.289. The molecule has 92 valence electrons. The van der Waals surface area contributed by atoms with Crippen LogP contribution in [0.5, 0.6) is 0 Å². The first kappa shape index (κ1) is 12.2. The first-order chi connectivity index (χ1) is 8.78. The third kappa shape index (κ3) is 3.95. The molecule has 2 N–H and O–H groups in total. The van der Waals surface area contributed by atoms with E-state index in [1.165, 1.54) is 0 Å². The monoisotopic (exact) mass is 242 g/mol. The zero-order valence-electron chi connectivity index (χ0n) is 9.90. The van der Waals surface area contributed by atoms with E-state index in [9.17, 15) is 9.59 Å². The van der Waals surface area contributed by atoms with Gasteiger partial charge in [0.15, 0.2) is 0 Å². The Morgan fingerprint density at radius 3 is 3.00 bits per heavy atom. The fourth-order valence-electron chi connectivity index (χ4n) is 1.48. The summed E-state index contributed by atoms with van der Waals surface area (Å²) in [6, 6.07) is 7.31. The van der Waals surface area contributed by atoms with Crippen molar-refractivity contribution < 1.29 is 9.59 Å². The third-order valence-corrected chi connectivity index (χ3v) is 2.54. The second-order valence-electron chi connectivity index (χ2n) is 4.20. The predicted molar refractivity (Wildman–Crippen MR) is 68.5 cm³/mol. The molecule has 4 heteroatoms. The Morgan fingerprint density at radius 1 is 1.44 bits per heavy atom. The van der Waals surface area contributed by atoms with Gasteiger partial charge in [0.05, 0.1) is 0 Å².